The lowest BCUT2D eigenvalue weighted by Gasteiger charge is -2.14. The average molecular weight is 435 g/mol. The Morgan fingerprint density at radius 1 is 1.06 bits per heavy atom. The van der Waals surface area contributed by atoms with Crippen LogP contribution in [0.1, 0.15) is 37.3 Å². The highest BCUT2D eigenvalue weighted by molar-refractivity contribution is 5.75. The fourth-order valence-electron chi connectivity index (χ4n) is 4.26. The number of rotatable bonds is 6. The van der Waals surface area contributed by atoms with E-state index in [0.29, 0.717) is 25.3 Å². The molecule has 0 radical (unpaired) electrons. The van der Waals surface area contributed by atoms with Crippen LogP contribution in [0.3, 0.4) is 0 Å². The van der Waals surface area contributed by atoms with E-state index < -0.39 is 16.8 Å². The molecular weight excluding hydrogens is 410 g/mol. The molecule has 3 aromatic heterocycles. The highest BCUT2D eigenvalue weighted by atomic mass is 16.3. The predicted molar refractivity (Wildman–Crippen MR) is 120 cm³/mol. The van der Waals surface area contributed by atoms with Crippen LogP contribution in [-0.2, 0) is 26.6 Å². The molecule has 0 bridgehead atoms. The van der Waals surface area contributed by atoms with Crippen LogP contribution in [0.5, 0.6) is 5.88 Å². The quantitative estimate of drug-likeness (QED) is 0.496. The minimum absolute atomic E-state index is 0.0758. The maximum Gasteiger partial charge on any atom is 0.332 e. The summed E-state index contributed by atoms with van der Waals surface area (Å²) in [6.45, 7) is 2.64. The lowest BCUT2D eigenvalue weighted by molar-refractivity contribution is 0.411. The molecule has 1 aromatic carbocycles. The highest BCUT2D eigenvalue weighted by Crippen LogP contribution is 2.31. The topological polar surface area (TPSA) is 104 Å². The molecule has 5 rings (SSSR count). The van der Waals surface area contributed by atoms with Crippen molar-refractivity contribution >= 4 is 16.9 Å². The van der Waals surface area contributed by atoms with Crippen LogP contribution in [-0.4, -0.2) is 28.2 Å². The van der Waals surface area contributed by atoms with Crippen molar-refractivity contribution in [2.75, 3.05) is 0 Å². The zero-order valence-corrected chi connectivity index (χ0v) is 18.1. The van der Waals surface area contributed by atoms with Gasteiger partial charge in [0, 0.05) is 13.6 Å². The van der Waals surface area contributed by atoms with Crippen molar-refractivity contribution in [2.24, 2.45) is 13.0 Å². The van der Waals surface area contributed by atoms with Crippen molar-refractivity contribution < 1.29 is 5.11 Å². The molecule has 166 valence electrons. The van der Waals surface area contributed by atoms with Crippen molar-refractivity contribution in [1.82, 2.24) is 23.1 Å². The number of aromatic nitrogens is 5. The molecular formula is C23H25N5O4. The van der Waals surface area contributed by atoms with Gasteiger partial charge in [-0.1, -0.05) is 43.7 Å². The standard InChI is InChI=1S/C23H25N5O4/c1-3-7-16-19(29)27(13-14-8-5-4-6-9-14)22-24-18-17(28(22)20(16)30)21(31)25(2)23(32)26(18)12-15-10-11-15/h4-6,8-9,15,29H,3,7,10-13H2,1-2H3. The zero-order chi connectivity index (χ0) is 22.6. The number of benzene rings is 1. The molecule has 0 atom stereocenters. The Hall–Kier alpha value is -3.62. The second-order valence-corrected chi connectivity index (χ2v) is 8.55. The number of hydrogen-bond acceptors (Lipinski definition) is 5. The van der Waals surface area contributed by atoms with Crippen molar-refractivity contribution in [2.45, 2.75) is 45.7 Å². The van der Waals surface area contributed by atoms with E-state index >= 15 is 0 Å². The summed E-state index contributed by atoms with van der Waals surface area (Å²) in [6.07, 6.45) is 3.05. The van der Waals surface area contributed by atoms with Crippen LogP contribution >= 0.6 is 0 Å². The van der Waals surface area contributed by atoms with E-state index in [1.807, 2.05) is 37.3 Å². The predicted octanol–water partition coefficient (Wildman–Crippen LogP) is 1.63. The molecule has 1 fully saturated rings. The van der Waals surface area contributed by atoms with Gasteiger partial charge in [-0.2, -0.15) is 4.98 Å². The van der Waals surface area contributed by atoms with Crippen molar-refractivity contribution in [3.05, 3.63) is 72.7 Å². The van der Waals surface area contributed by atoms with Crippen LogP contribution in [0.15, 0.2) is 44.7 Å². The summed E-state index contributed by atoms with van der Waals surface area (Å²) < 4.78 is 5.34. The van der Waals surface area contributed by atoms with E-state index in [1.54, 1.807) is 4.57 Å². The number of fused-ring (bicyclic) bond motifs is 3. The highest BCUT2D eigenvalue weighted by Gasteiger charge is 2.28. The molecule has 1 saturated carbocycles. The molecule has 9 heteroatoms. The Morgan fingerprint density at radius 3 is 2.44 bits per heavy atom. The molecule has 0 amide bonds. The van der Waals surface area contributed by atoms with Crippen LogP contribution in [0, 0.1) is 5.92 Å². The molecule has 9 nitrogen and oxygen atoms in total. The first kappa shape index (κ1) is 20.3. The van der Waals surface area contributed by atoms with Crippen LogP contribution in [0.25, 0.3) is 16.9 Å². The first-order chi connectivity index (χ1) is 15.4. The van der Waals surface area contributed by atoms with Gasteiger partial charge < -0.3 is 5.11 Å². The van der Waals surface area contributed by atoms with Gasteiger partial charge >= 0.3 is 5.69 Å². The second kappa shape index (κ2) is 7.51. The third-order valence-corrected chi connectivity index (χ3v) is 6.17. The molecule has 1 aliphatic carbocycles. The van der Waals surface area contributed by atoms with Gasteiger partial charge in [0.2, 0.25) is 11.7 Å². The number of hydrogen-bond donors (Lipinski definition) is 1. The van der Waals surface area contributed by atoms with Gasteiger partial charge in [-0.3, -0.25) is 23.3 Å². The molecule has 0 saturated heterocycles. The molecule has 0 unspecified atom stereocenters. The Bertz CT molecular complexity index is 1520. The van der Waals surface area contributed by atoms with Gasteiger partial charge in [-0.05, 0) is 30.7 Å². The van der Waals surface area contributed by atoms with E-state index in [1.165, 1.54) is 16.0 Å². The first-order valence-electron chi connectivity index (χ1n) is 10.9. The SMILES string of the molecule is CCCc1c(O)n(Cc2ccccc2)c2nc3c(c(=O)n(C)c(=O)n3CC3CC3)n2c1=O. The Kier molecular flexibility index (Phi) is 4.76. The van der Waals surface area contributed by atoms with Crippen LogP contribution < -0.4 is 16.8 Å². The van der Waals surface area contributed by atoms with Gasteiger partial charge in [0.05, 0.1) is 12.1 Å². The number of imidazole rings is 1. The zero-order valence-electron chi connectivity index (χ0n) is 18.1. The van der Waals surface area contributed by atoms with Gasteiger partial charge in [0.25, 0.3) is 11.1 Å². The summed E-state index contributed by atoms with van der Waals surface area (Å²) in [5.74, 6) is 0.361. The van der Waals surface area contributed by atoms with E-state index in [2.05, 4.69) is 4.98 Å². The third-order valence-electron chi connectivity index (χ3n) is 6.17. The van der Waals surface area contributed by atoms with Crippen molar-refractivity contribution in [1.29, 1.82) is 0 Å². The molecule has 0 aliphatic heterocycles. The van der Waals surface area contributed by atoms with Crippen molar-refractivity contribution in [3.8, 4) is 5.88 Å². The molecule has 1 N–H and O–H groups in total. The van der Waals surface area contributed by atoms with Crippen molar-refractivity contribution in [3.63, 3.8) is 0 Å². The average Bonchev–Trinajstić information content (AvgIpc) is 3.53. The van der Waals surface area contributed by atoms with Crippen LogP contribution in [0.2, 0.25) is 0 Å². The second-order valence-electron chi connectivity index (χ2n) is 8.55. The minimum atomic E-state index is -0.568. The summed E-state index contributed by atoms with van der Waals surface area (Å²) in [5, 5.41) is 11.0. The maximum absolute atomic E-state index is 13.4. The Labute approximate surface area is 182 Å². The van der Waals surface area contributed by atoms with Gasteiger partial charge in [0.15, 0.2) is 11.2 Å². The number of aromatic hydroxyl groups is 1. The fourth-order valence-corrected chi connectivity index (χ4v) is 4.26. The third kappa shape index (κ3) is 3.07. The summed E-state index contributed by atoms with van der Waals surface area (Å²) in [4.78, 5) is 44.0. The summed E-state index contributed by atoms with van der Waals surface area (Å²) in [6, 6.07) is 9.52. The first-order valence-corrected chi connectivity index (χ1v) is 10.9. The van der Waals surface area contributed by atoms with Gasteiger partial charge in [-0.25, -0.2) is 9.20 Å². The van der Waals surface area contributed by atoms with E-state index in [9.17, 15) is 19.5 Å². The lowest BCUT2D eigenvalue weighted by Crippen LogP contribution is -2.39. The fraction of sp³-hybridized carbons (Fsp3) is 0.391. The largest absolute Gasteiger partial charge is 0.494 e. The maximum atomic E-state index is 13.4. The van der Waals surface area contributed by atoms with E-state index in [0.717, 1.165) is 23.0 Å². The molecule has 4 aromatic rings. The molecule has 3 heterocycles. The molecule has 1 aliphatic rings. The van der Waals surface area contributed by atoms with Gasteiger partial charge in [0.1, 0.15) is 0 Å². The number of nitrogens with zero attached hydrogens (tertiary/aromatic N) is 5. The smallest absolute Gasteiger partial charge is 0.332 e. The normalized spacial score (nSPS) is 13.9. The van der Waals surface area contributed by atoms with Gasteiger partial charge in [-0.15, -0.1) is 0 Å². The molecule has 32 heavy (non-hydrogen) atoms. The summed E-state index contributed by atoms with van der Waals surface area (Å²) in [7, 11) is 1.42. The Balaban J connectivity index is 1.92. The monoisotopic (exact) mass is 435 g/mol. The Morgan fingerprint density at radius 2 is 1.78 bits per heavy atom. The van der Waals surface area contributed by atoms with Crippen LogP contribution in [0.4, 0.5) is 0 Å². The summed E-state index contributed by atoms with van der Waals surface area (Å²) in [5.41, 5.74) is -0.0778. The van der Waals surface area contributed by atoms with E-state index in [4.69, 9.17) is 0 Å². The van der Waals surface area contributed by atoms with E-state index in [-0.39, 0.29) is 34.9 Å². The molecule has 0 spiro atoms. The summed E-state index contributed by atoms with van der Waals surface area (Å²) >= 11 is 0. The minimum Gasteiger partial charge on any atom is -0.494 e. The lowest BCUT2D eigenvalue weighted by atomic mass is 10.1.